The Kier molecular flexibility index (Phi) is 6.24. The summed E-state index contributed by atoms with van der Waals surface area (Å²) in [6.07, 6.45) is 6.60. The molecule has 0 radical (unpaired) electrons. The van der Waals surface area contributed by atoms with Crippen LogP contribution in [0, 0.1) is 0 Å². The van der Waals surface area contributed by atoms with Gasteiger partial charge in [-0.1, -0.05) is 0 Å². The molecule has 0 aromatic carbocycles. The topological polar surface area (TPSA) is 90.5 Å². The third-order valence-corrected chi connectivity index (χ3v) is 6.40. The van der Waals surface area contributed by atoms with Crippen LogP contribution < -0.4 is 15.5 Å². The monoisotopic (exact) mass is 414 g/mol. The maximum atomic E-state index is 12.4. The first-order valence-electron chi connectivity index (χ1n) is 10.1. The number of carbonyl (C=O) groups excluding carboxylic acids is 2. The summed E-state index contributed by atoms with van der Waals surface area (Å²) in [4.78, 5) is 38.6. The fourth-order valence-corrected chi connectivity index (χ4v) is 4.76. The van der Waals surface area contributed by atoms with Crippen LogP contribution in [0.4, 0.5) is 10.7 Å². The van der Waals surface area contributed by atoms with Crippen molar-refractivity contribution in [3.63, 3.8) is 0 Å². The number of hydrogen-bond donors (Lipinski definition) is 2. The summed E-state index contributed by atoms with van der Waals surface area (Å²) in [5, 5.41) is 7.92. The Morgan fingerprint density at radius 3 is 2.97 bits per heavy atom. The summed E-state index contributed by atoms with van der Waals surface area (Å²) < 4.78 is 0. The van der Waals surface area contributed by atoms with Gasteiger partial charge in [-0.2, -0.15) is 0 Å². The van der Waals surface area contributed by atoms with Crippen LogP contribution in [0.2, 0.25) is 0 Å². The number of hydrogen-bond acceptors (Lipinski definition) is 6. The number of carbonyl (C=O) groups is 2. The second-order valence-corrected chi connectivity index (χ2v) is 8.42. The first-order chi connectivity index (χ1) is 14.2. The van der Waals surface area contributed by atoms with E-state index in [2.05, 4.69) is 36.9 Å². The van der Waals surface area contributed by atoms with Crippen molar-refractivity contribution in [2.75, 3.05) is 31.1 Å². The molecule has 1 unspecified atom stereocenters. The molecule has 1 atom stereocenters. The molecular weight excluding hydrogens is 388 g/mol. The minimum Gasteiger partial charge on any atom is -0.339 e. The summed E-state index contributed by atoms with van der Waals surface area (Å²) in [6, 6.07) is 3.71. The SMILES string of the molecule is O=C(NCCC(=O)N1CCc2sccc2C1)NC1CCCN(c2ncccn2)C1. The summed E-state index contributed by atoms with van der Waals surface area (Å²) >= 11 is 1.76. The Bertz CT molecular complexity index is 843. The van der Waals surface area contributed by atoms with Crippen molar-refractivity contribution in [2.24, 2.45) is 0 Å². The fraction of sp³-hybridized carbons (Fsp3) is 0.500. The van der Waals surface area contributed by atoms with Gasteiger partial charge in [-0.05, 0) is 42.3 Å². The van der Waals surface area contributed by atoms with Gasteiger partial charge in [-0.15, -0.1) is 11.3 Å². The highest BCUT2D eigenvalue weighted by Crippen LogP contribution is 2.24. The number of aromatic nitrogens is 2. The number of thiophene rings is 1. The van der Waals surface area contributed by atoms with E-state index >= 15 is 0 Å². The lowest BCUT2D eigenvalue weighted by molar-refractivity contribution is -0.131. The van der Waals surface area contributed by atoms with Gasteiger partial charge < -0.3 is 20.4 Å². The van der Waals surface area contributed by atoms with E-state index < -0.39 is 0 Å². The number of anilines is 1. The lowest BCUT2D eigenvalue weighted by Gasteiger charge is -2.33. The second-order valence-electron chi connectivity index (χ2n) is 7.42. The van der Waals surface area contributed by atoms with Gasteiger partial charge in [-0.3, -0.25) is 4.79 Å². The van der Waals surface area contributed by atoms with Crippen LogP contribution in [0.1, 0.15) is 29.7 Å². The first-order valence-corrected chi connectivity index (χ1v) is 11.0. The molecule has 0 spiro atoms. The van der Waals surface area contributed by atoms with Crippen molar-refractivity contribution < 1.29 is 9.59 Å². The molecule has 2 aromatic heterocycles. The number of urea groups is 1. The van der Waals surface area contributed by atoms with E-state index in [9.17, 15) is 9.59 Å². The molecule has 1 fully saturated rings. The van der Waals surface area contributed by atoms with Crippen molar-refractivity contribution >= 4 is 29.2 Å². The Balaban J connectivity index is 1.18. The Labute approximate surface area is 174 Å². The quantitative estimate of drug-likeness (QED) is 0.778. The van der Waals surface area contributed by atoms with Crippen molar-refractivity contribution in [3.8, 4) is 0 Å². The summed E-state index contributed by atoms with van der Waals surface area (Å²) in [5.41, 5.74) is 1.25. The molecule has 2 aliphatic rings. The highest BCUT2D eigenvalue weighted by atomic mass is 32.1. The van der Waals surface area contributed by atoms with E-state index in [0.29, 0.717) is 32.0 Å². The Morgan fingerprint density at radius 2 is 2.10 bits per heavy atom. The van der Waals surface area contributed by atoms with E-state index in [1.54, 1.807) is 29.8 Å². The van der Waals surface area contributed by atoms with Gasteiger partial charge in [0.25, 0.3) is 0 Å². The minimum absolute atomic E-state index is 0.0439. The Morgan fingerprint density at radius 1 is 1.24 bits per heavy atom. The van der Waals surface area contributed by atoms with E-state index in [0.717, 1.165) is 32.4 Å². The maximum Gasteiger partial charge on any atom is 0.315 e. The molecule has 8 nitrogen and oxygen atoms in total. The molecule has 2 aliphatic heterocycles. The largest absolute Gasteiger partial charge is 0.339 e. The maximum absolute atomic E-state index is 12.4. The third-order valence-electron chi connectivity index (χ3n) is 5.38. The lowest BCUT2D eigenvalue weighted by Crippen LogP contribution is -2.51. The molecule has 29 heavy (non-hydrogen) atoms. The predicted molar refractivity (Wildman–Crippen MR) is 112 cm³/mol. The lowest BCUT2D eigenvalue weighted by atomic mass is 10.1. The van der Waals surface area contributed by atoms with E-state index in [4.69, 9.17) is 0 Å². The molecule has 0 saturated carbocycles. The fourth-order valence-electron chi connectivity index (χ4n) is 3.87. The van der Waals surface area contributed by atoms with Gasteiger partial charge in [0.1, 0.15) is 0 Å². The normalized spacial score (nSPS) is 18.8. The van der Waals surface area contributed by atoms with E-state index in [1.165, 1.54) is 10.4 Å². The van der Waals surface area contributed by atoms with Crippen molar-refractivity contribution in [1.82, 2.24) is 25.5 Å². The second kappa shape index (κ2) is 9.21. The molecule has 0 bridgehead atoms. The average Bonchev–Trinajstić information content (AvgIpc) is 3.22. The number of piperidine rings is 1. The molecule has 9 heteroatoms. The third kappa shape index (κ3) is 5.03. The molecule has 2 aromatic rings. The Hall–Kier alpha value is -2.68. The highest BCUT2D eigenvalue weighted by Gasteiger charge is 2.24. The average molecular weight is 415 g/mol. The number of amides is 3. The molecule has 1 saturated heterocycles. The van der Waals surface area contributed by atoms with E-state index in [1.807, 2.05) is 4.90 Å². The van der Waals surface area contributed by atoms with Gasteiger partial charge in [0, 0.05) is 62.5 Å². The number of nitrogens with one attached hydrogen (secondary N) is 2. The van der Waals surface area contributed by atoms with Gasteiger partial charge in [-0.25, -0.2) is 14.8 Å². The molecular formula is C20H26N6O2S. The van der Waals surface area contributed by atoms with Crippen LogP contribution in [0.15, 0.2) is 29.9 Å². The summed E-state index contributed by atoms with van der Waals surface area (Å²) in [7, 11) is 0. The zero-order chi connectivity index (χ0) is 20.1. The van der Waals surface area contributed by atoms with Crippen molar-refractivity contribution in [3.05, 3.63) is 40.3 Å². The number of fused-ring (bicyclic) bond motifs is 1. The molecule has 4 rings (SSSR count). The van der Waals surface area contributed by atoms with Crippen LogP contribution in [0.5, 0.6) is 0 Å². The summed E-state index contributed by atoms with van der Waals surface area (Å²) in [6.45, 7) is 3.37. The van der Waals surface area contributed by atoms with Gasteiger partial charge in [0.2, 0.25) is 11.9 Å². The molecule has 3 amide bonds. The van der Waals surface area contributed by atoms with E-state index in [-0.39, 0.29) is 18.0 Å². The van der Waals surface area contributed by atoms with Crippen molar-refractivity contribution in [1.29, 1.82) is 0 Å². The standard InChI is InChI=1S/C20H26N6O2S/c27-18(25-11-5-17-15(13-25)6-12-29-17)4-9-23-20(28)24-16-3-1-10-26(14-16)19-21-7-2-8-22-19/h2,6-8,12,16H,1,3-5,9-11,13-14H2,(H2,23,24,28). The van der Waals surface area contributed by atoms with Crippen LogP contribution in [0.3, 0.4) is 0 Å². The zero-order valence-corrected chi connectivity index (χ0v) is 17.2. The van der Waals surface area contributed by atoms with Crippen LogP contribution >= 0.6 is 11.3 Å². The first kappa shape index (κ1) is 19.6. The van der Waals surface area contributed by atoms with Crippen LogP contribution in [-0.2, 0) is 17.8 Å². The molecule has 154 valence electrons. The van der Waals surface area contributed by atoms with Crippen LogP contribution in [-0.4, -0.2) is 59.0 Å². The smallest absolute Gasteiger partial charge is 0.315 e. The van der Waals surface area contributed by atoms with Gasteiger partial charge >= 0.3 is 6.03 Å². The van der Waals surface area contributed by atoms with Gasteiger partial charge in [0.05, 0.1) is 0 Å². The zero-order valence-electron chi connectivity index (χ0n) is 16.3. The molecule has 2 N–H and O–H groups in total. The predicted octanol–water partition coefficient (Wildman–Crippen LogP) is 1.78. The molecule has 4 heterocycles. The number of nitrogens with zero attached hydrogens (tertiary/aromatic N) is 4. The van der Waals surface area contributed by atoms with Crippen molar-refractivity contribution in [2.45, 2.75) is 38.3 Å². The number of rotatable bonds is 5. The van der Waals surface area contributed by atoms with Gasteiger partial charge in [0.15, 0.2) is 0 Å². The minimum atomic E-state index is -0.225. The molecule has 0 aliphatic carbocycles. The van der Waals surface area contributed by atoms with Crippen LogP contribution in [0.25, 0.3) is 0 Å². The highest BCUT2D eigenvalue weighted by molar-refractivity contribution is 7.10. The summed E-state index contributed by atoms with van der Waals surface area (Å²) in [5.74, 6) is 0.785.